The van der Waals surface area contributed by atoms with Gasteiger partial charge in [0.05, 0.1) is 10.5 Å². The number of carboxylic acid groups (broad SMARTS) is 1. The van der Waals surface area contributed by atoms with E-state index in [1.165, 1.54) is 0 Å². The monoisotopic (exact) mass is 444 g/mol. The maximum absolute atomic E-state index is 12.4. The van der Waals surface area contributed by atoms with E-state index >= 15 is 0 Å². The molecule has 31 heavy (non-hydrogen) atoms. The van der Waals surface area contributed by atoms with Crippen LogP contribution >= 0.6 is 11.6 Å². The van der Waals surface area contributed by atoms with Gasteiger partial charge in [-0.2, -0.15) is 0 Å². The lowest BCUT2D eigenvalue weighted by Gasteiger charge is -2.09. The number of rotatable bonds is 2. The Kier molecular flexibility index (Phi) is 11.1. The number of carboxylic acids is 1. The minimum Gasteiger partial charge on any atom is -0.481 e. The highest BCUT2D eigenvalue weighted by atomic mass is 35.5. The number of pyridine rings is 1. The van der Waals surface area contributed by atoms with Crippen LogP contribution < -0.4 is 5.56 Å². The fourth-order valence-corrected chi connectivity index (χ4v) is 2.97. The Morgan fingerprint density at radius 3 is 2.00 bits per heavy atom. The van der Waals surface area contributed by atoms with Gasteiger partial charge in [0, 0.05) is 18.4 Å². The molecule has 6 nitrogen and oxygen atoms in total. The van der Waals surface area contributed by atoms with Crippen LogP contribution in [0.3, 0.4) is 0 Å². The third-order valence-corrected chi connectivity index (χ3v) is 4.44. The van der Waals surface area contributed by atoms with Gasteiger partial charge >= 0.3 is 5.97 Å². The van der Waals surface area contributed by atoms with Crippen LogP contribution in [0.1, 0.15) is 39.9 Å². The number of hydrogen-bond acceptors (Lipinski definition) is 4. The molecule has 0 atom stereocenters. The first kappa shape index (κ1) is 25.9. The highest BCUT2D eigenvalue weighted by molar-refractivity contribution is 6.37. The summed E-state index contributed by atoms with van der Waals surface area (Å²) in [7, 11) is 0. The first-order valence-electron chi connectivity index (χ1n) is 10.2. The molecule has 4 rings (SSSR count). The Bertz CT molecular complexity index is 1120. The van der Waals surface area contributed by atoms with Crippen molar-refractivity contribution in [2.24, 2.45) is 0 Å². The average molecular weight is 445 g/mol. The lowest BCUT2D eigenvalue weighted by atomic mass is 10.1. The third kappa shape index (κ3) is 6.69. The number of nitrogens with zero attached hydrogens (tertiary/aromatic N) is 2. The Hall–Kier alpha value is -3.12. The van der Waals surface area contributed by atoms with E-state index in [1.807, 2.05) is 69.3 Å². The first-order chi connectivity index (χ1) is 14.9. The second-order valence-corrected chi connectivity index (χ2v) is 6.45. The van der Waals surface area contributed by atoms with Gasteiger partial charge in [-0.25, -0.2) is 0 Å². The number of halogens is 1. The maximum atomic E-state index is 12.4. The Labute approximate surface area is 187 Å². The second kappa shape index (κ2) is 13.2. The number of carbonyl (C=O) groups is 1. The van der Waals surface area contributed by atoms with E-state index in [0.717, 1.165) is 10.9 Å². The van der Waals surface area contributed by atoms with Gasteiger partial charge in [-0.05, 0) is 26.0 Å². The number of aliphatic carboxylic acids is 1. The molecule has 0 unspecified atom stereocenters. The van der Waals surface area contributed by atoms with Crippen LogP contribution in [0.5, 0.6) is 0 Å². The van der Waals surface area contributed by atoms with E-state index in [4.69, 9.17) is 21.2 Å². The first-order valence-corrected chi connectivity index (χ1v) is 10.6. The Morgan fingerprint density at radius 1 is 1.03 bits per heavy atom. The zero-order valence-electron chi connectivity index (χ0n) is 18.6. The smallest absolute Gasteiger partial charge is 0.303 e. The third-order valence-electron chi connectivity index (χ3n) is 4.13. The Balaban J connectivity index is 0.000000305. The molecule has 0 radical (unpaired) electrons. The molecule has 0 saturated carbocycles. The SMILES string of the molecule is CC.CCC(=O)O.CCn1c(=O)c2c(C)onc2c2c(Cl)cccc21.c1ccccc1. The minimum atomic E-state index is -0.745. The molecule has 1 N–H and O–H groups in total. The van der Waals surface area contributed by atoms with Crippen LogP contribution in [0, 0.1) is 6.92 Å². The van der Waals surface area contributed by atoms with Crippen molar-refractivity contribution in [1.29, 1.82) is 0 Å². The topological polar surface area (TPSA) is 85.3 Å². The van der Waals surface area contributed by atoms with Gasteiger partial charge in [0.15, 0.2) is 0 Å². The molecule has 2 heterocycles. The summed E-state index contributed by atoms with van der Waals surface area (Å²) in [6, 6.07) is 17.5. The molecule has 4 aromatic rings. The molecule has 0 saturated heterocycles. The normalized spacial score (nSPS) is 9.61. The van der Waals surface area contributed by atoms with Crippen LogP contribution in [0.25, 0.3) is 21.8 Å². The van der Waals surface area contributed by atoms with Gasteiger partial charge in [0.25, 0.3) is 5.56 Å². The van der Waals surface area contributed by atoms with E-state index in [-0.39, 0.29) is 12.0 Å². The molecule has 166 valence electrons. The van der Waals surface area contributed by atoms with Crippen molar-refractivity contribution in [3.05, 3.63) is 75.7 Å². The van der Waals surface area contributed by atoms with Gasteiger partial charge < -0.3 is 14.2 Å². The van der Waals surface area contributed by atoms with Crippen LogP contribution in [-0.2, 0) is 11.3 Å². The van der Waals surface area contributed by atoms with Crippen molar-refractivity contribution in [2.75, 3.05) is 0 Å². The highest BCUT2D eigenvalue weighted by Gasteiger charge is 2.17. The molecular formula is C24H29ClN2O4. The number of aromatic nitrogens is 2. The second-order valence-electron chi connectivity index (χ2n) is 6.05. The van der Waals surface area contributed by atoms with Crippen LogP contribution in [0.2, 0.25) is 5.02 Å². The van der Waals surface area contributed by atoms with Crippen molar-refractivity contribution < 1.29 is 14.4 Å². The molecule has 0 aliphatic rings. The van der Waals surface area contributed by atoms with E-state index < -0.39 is 5.97 Å². The van der Waals surface area contributed by atoms with Crippen LogP contribution in [0.4, 0.5) is 0 Å². The fourth-order valence-electron chi connectivity index (χ4n) is 2.71. The van der Waals surface area contributed by atoms with E-state index in [9.17, 15) is 9.59 Å². The van der Waals surface area contributed by atoms with Crippen LogP contribution in [-0.4, -0.2) is 20.8 Å². The molecule has 0 bridgehead atoms. The van der Waals surface area contributed by atoms with E-state index in [2.05, 4.69) is 5.16 Å². The van der Waals surface area contributed by atoms with Gasteiger partial charge in [0.1, 0.15) is 16.7 Å². The van der Waals surface area contributed by atoms with Crippen molar-refractivity contribution in [3.8, 4) is 0 Å². The summed E-state index contributed by atoms with van der Waals surface area (Å²) in [6.45, 7) is 9.84. The quantitative estimate of drug-likeness (QED) is 0.391. The van der Waals surface area contributed by atoms with Crippen molar-refractivity contribution in [2.45, 2.75) is 47.6 Å². The van der Waals surface area contributed by atoms with E-state index in [0.29, 0.717) is 28.2 Å². The zero-order valence-corrected chi connectivity index (χ0v) is 19.3. The van der Waals surface area contributed by atoms with Crippen molar-refractivity contribution >= 4 is 39.4 Å². The minimum absolute atomic E-state index is 0.0824. The summed E-state index contributed by atoms with van der Waals surface area (Å²) in [5.74, 6) is -0.219. The number of benzene rings is 2. The van der Waals surface area contributed by atoms with Crippen molar-refractivity contribution in [3.63, 3.8) is 0 Å². The maximum Gasteiger partial charge on any atom is 0.303 e. The molecular weight excluding hydrogens is 416 g/mol. The molecule has 0 spiro atoms. The summed E-state index contributed by atoms with van der Waals surface area (Å²) >= 11 is 6.23. The molecule has 0 aliphatic carbocycles. The van der Waals surface area contributed by atoms with Gasteiger partial charge in [-0.3, -0.25) is 9.59 Å². The van der Waals surface area contributed by atoms with Crippen LogP contribution in [0.15, 0.2) is 63.9 Å². The average Bonchev–Trinajstić information content (AvgIpc) is 3.19. The summed E-state index contributed by atoms with van der Waals surface area (Å²) in [5.41, 5.74) is 1.25. The number of aryl methyl sites for hydroxylation is 2. The Morgan fingerprint density at radius 2 is 1.55 bits per heavy atom. The predicted octanol–water partition coefficient (Wildman–Crippen LogP) is 6.32. The number of hydrogen-bond donors (Lipinski definition) is 1. The largest absolute Gasteiger partial charge is 0.481 e. The molecule has 7 heteroatoms. The van der Waals surface area contributed by atoms with Crippen molar-refractivity contribution in [1.82, 2.24) is 9.72 Å². The van der Waals surface area contributed by atoms with E-state index in [1.54, 1.807) is 24.5 Å². The standard InChI is InChI=1S/C13H11ClN2O2.C6H6.C3H6O2.C2H6/c1-3-16-9-6-4-5-8(14)11(9)12-10(13(16)17)7(2)18-15-12;1-2-4-6-5-3-1;1-2-3(4)5;1-2/h4-6H,3H2,1-2H3;1-6H;2H2,1H3,(H,4,5);1-2H3. The van der Waals surface area contributed by atoms with Gasteiger partial charge in [0.2, 0.25) is 0 Å². The summed E-state index contributed by atoms with van der Waals surface area (Å²) in [6.07, 6.45) is 0.222. The molecule has 0 amide bonds. The molecule has 0 aliphatic heterocycles. The summed E-state index contributed by atoms with van der Waals surface area (Å²) in [5, 5.41) is 13.6. The fraction of sp³-hybridized carbons (Fsp3) is 0.292. The number of fused-ring (bicyclic) bond motifs is 3. The predicted molar refractivity (Wildman–Crippen MR) is 127 cm³/mol. The molecule has 2 aromatic heterocycles. The molecule has 0 fully saturated rings. The van der Waals surface area contributed by atoms with Gasteiger partial charge in [-0.15, -0.1) is 0 Å². The molecule has 2 aromatic carbocycles. The lowest BCUT2D eigenvalue weighted by molar-refractivity contribution is -0.136. The van der Waals surface area contributed by atoms with Gasteiger partial charge in [-0.1, -0.05) is 80.0 Å². The summed E-state index contributed by atoms with van der Waals surface area (Å²) < 4.78 is 6.82. The lowest BCUT2D eigenvalue weighted by Crippen LogP contribution is -2.20. The zero-order chi connectivity index (χ0) is 23.4. The highest BCUT2D eigenvalue weighted by Crippen LogP contribution is 2.29. The summed E-state index contributed by atoms with van der Waals surface area (Å²) in [4.78, 5) is 21.8.